The van der Waals surface area contributed by atoms with E-state index in [1.54, 1.807) is 0 Å². The lowest BCUT2D eigenvalue weighted by molar-refractivity contribution is -0.0935. The van der Waals surface area contributed by atoms with Crippen LogP contribution in [0.25, 0.3) is 0 Å². The Bertz CT molecular complexity index is 206. The molecular formula is C12H25NO2S. The number of ether oxygens (including phenoxy) is 1. The molecule has 0 bridgehead atoms. The molecule has 0 aromatic heterocycles. The van der Waals surface area contributed by atoms with E-state index in [-0.39, 0.29) is 18.8 Å². The highest BCUT2D eigenvalue weighted by Crippen LogP contribution is 2.23. The number of hydrogen-bond donors (Lipinski definition) is 1. The minimum absolute atomic E-state index is 0.00314. The molecular weight excluding hydrogens is 222 g/mol. The van der Waals surface area contributed by atoms with Crippen LogP contribution < -0.4 is 0 Å². The molecule has 2 atom stereocenters. The van der Waals surface area contributed by atoms with Crippen LogP contribution >= 0.6 is 11.8 Å². The number of thioether (sulfide) groups is 1. The first-order valence-electron chi connectivity index (χ1n) is 6.03. The van der Waals surface area contributed by atoms with E-state index in [2.05, 4.69) is 32.6 Å². The predicted molar refractivity (Wildman–Crippen MR) is 70.1 cm³/mol. The Kier molecular flexibility index (Phi) is 5.57. The maximum Gasteiger partial charge on any atom is 0.0936 e. The number of aliphatic hydroxyl groups is 1. The molecule has 1 heterocycles. The number of rotatable bonds is 4. The zero-order chi connectivity index (χ0) is 12.2. The molecule has 16 heavy (non-hydrogen) atoms. The quantitative estimate of drug-likeness (QED) is 0.818. The Labute approximate surface area is 104 Å². The van der Waals surface area contributed by atoms with Gasteiger partial charge in [-0.05, 0) is 6.92 Å². The highest BCUT2D eigenvalue weighted by atomic mass is 32.2. The highest BCUT2D eigenvalue weighted by Gasteiger charge is 2.24. The molecule has 1 saturated heterocycles. The summed E-state index contributed by atoms with van der Waals surface area (Å²) in [7, 11) is 0. The van der Waals surface area contributed by atoms with Gasteiger partial charge in [-0.1, -0.05) is 20.8 Å². The molecule has 4 heteroatoms. The van der Waals surface area contributed by atoms with Crippen LogP contribution in [0.5, 0.6) is 0 Å². The van der Waals surface area contributed by atoms with Gasteiger partial charge in [-0.25, -0.2) is 0 Å². The molecule has 0 saturated carbocycles. The minimum Gasteiger partial charge on any atom is -0.394 e. The topological polar surface area (TPSA) is 32.7 Å². The van der Waals surface area contributed by atoms with E-state index < -0.39 is 0 Å². The van der Waals surface area contributed by atoms with Crippen molar-refractivity contribution < 1.29 is 9.84 Å². The summed E-state index contributed by atoms with van der Waals surface area (Å²) in [6.45, 7) is 11.9. The molecule has 0 aliphatic carbocycles. The third kappa shape index (κ3) is 5.53. The van der Waals surface area contributed by atoms with Gasteiger partial charge in [0.1, 0.15) is 0 Å². The summed E-state index contributed by atoms with van der Waals surface area (Å²) >= 11 is 1.99. The Morgan fingerprint density at radius 2 is 2.06 bits per heavy atom. The second kappa shape index (κ2) is 6.24. The zero-order valence-electron chi connectivity index (χ0n) is 10.9. The SMILES string of the molecule is C[C@H]1CN(CCSC(C)(C)C)C[C@@H](CO)O1. The number of hydrogen-bond acceptors (Lipinski definition) is 4. The molecule has 0 spiro atoms. The first-order valence-corrected chi connectivity index (χ1v) is 7.02. The normalized spacial score (nSPS) is 28.3. The lowest BCUT2D eigenvalue weighted by atomic mass is 10.2. The van der Waals surface area contributed by atoms with E-state index in [1.165, 1.54) is 0 Å². The number of morpholine rings is 1. The Hall–Kier alpha value is 0.230. The molecule has 0 aromatic carbocycles. The molecule has 1 aliphatic rings. The van der Waals surface area contributed by atoms with Crippen LogP contribution in [0.1, 0.15) is 27.7 Å². The van der Waals surface area contributed by atoms with Crippen LogP contribution in [0.2, 0.25) is 0 Å². The summed E-state index contributed by atoms with van der Waals surface area (Å²) in [6, 6.07) is 0. The van der Waals surface area contributed by atoms with Crippen LogP contribution in [0.15, 0.2) is 0 Å². The van der Waals surface area contributed by atoms with E-state index in [1.807, 2.05) is 11.8 Å². The largest absolute Gasteiger partial charge is 0.394 e. The van der Waals surface area contributed by atoms with Gasteiger partial charge in [0.15, 0.2) is 0 Å². The molecule has 96 valence electrons. The van der Waals surface area contributed by atoms with Gasteiger partial charge in [-0.15, -0.1) is 0 Å². The smallest absolute Gasteiger partial charge is 0.0936 e. The molecule has 0 radical (unpaired) electrons. The van der Waals surface area contributed by atoms with Gasteiger partial charge < -0.3 is 9.84 Å². The molecule has 1 N–H and O–H groups in total. The van der Waals surface area contributed by atoms with Crippen molar-refractivity contribution in [2.75, 3.05) is 32.0 Å². The molecule has 1 aliphatic heterocycles. The average Bonchev–Trinajstić information content (AvgIpc) is 2.14. The van der Waals surface area contributed by atoms with Crippen LogP contribution in [-0.4, -0.2) is 59.0 Å². The van der Waals surface area contributed by atoms with Crippen molar-refractivity contribution in [3.05, 3.63) is 0 Å². The summed E-state index contributed by atoms with van der Waals surface area (Å²) in [5, 5.41) is 9.12. The Balaban J connectivity index is 2.26. The maximum atomic E-state index is 9.12. The Morgan fingerprint density at radius 1 is 1.38 bits per heavy atom. The lowest BCUT2D eigenvalue weighted by Gasteiger charge is -2.36. The second-order valence-corrected chi connectivity index (χ2v) is 7.39. The van der Waals surface area contributed by atoms with E-state index in [0.717, 1.165) is 25.4 Å². The fourth-order valence-electron chi connectivity index (χ4n) is 1.90. The lowest BCUT2D eigenvalue weighted by Crippen LogP contribution is -2.48. The van der Waals surface area contributed by atoms with Gasteiger partial charge in [0, 0.05) is 30.1 Å². The average molecular weight is 247 g/mol. The van der Waals surface area contributed by atoms with Crippen molar-refractivity contribution in [2.45, 2.75) is 44.6 Å². The number of nitrogens with zero attached hydrogens (tertiary/aromatic N) is 1. The molecule has 1 fully saturated rings. The van der Waals surface area contributed by atoms with E-state index in [4.69, 9.17) is 9.84 Å². The first kappa shape index (κ1) is 14.3. The number of aliphatic hydroxyl groups excluding tert-OH is 1. The van der Waals surface area contributed by atoms with Crippen molar-refractivity contribution in [1.29, 1.82) is 0 Å². The van der Waals surface area contributed by atoms with Crippen molar-refractivity contribution in [2.24, 2.45) is 0 Å². The summed E-state index contributed by atoms with van der Waals surface area (Å²) < 4.78 is 5.96. The van der Waals surface area contributed by atoms with Gasteiger partial charge in [0.25, 0.3) is 0 Å². The molecule has 1 rings (SSSR count). The third-order valence-electron chi connectivity index (χ3n) is 2.55. The molecule has 0 unspecified atom stereocenters. The van der Waals surface area contributed by atoms with Gasteiger partial charge in [0.05, 0.1) is 18.8 Å². The van der Waals surface area contributed by atoms with E-state index in [9.17, 15) is 0 Å². The monoisotopic (exact) mass is 247 g/mol. The van der Waals surface area contributed by atoms with E-state index >= 15 is 0 Å². The Morgan fingerprint density at radius 3 is 2.62 bits per heavy atom. The highest BCUT2D eigenvalue weighted by molar-refractivity contribution is 8.00. The van der Waals surface area contributed by atoms with Crippen molar-refractivity contribution in [1.82, 2.24) is 4.90 Å². The minimum atomic E-state index is 0.00314. The zero-order valence-corrected chi connectivity index (χ0v) is 11.7. The molecule has 0 aromatic rings. The standard InChI is InChI=1S/C12H25NO2S/c1-10-7-13(8-11(9-14)15-10)5-6-16-12(2,3)4/h10-11,14H,5-9H2,1-4H3/t10-,11-/m0/s1. The molecule has 0 amide bonds. The van der Waals surface area contributed by atoms with Crippen molar-refractivity contribution in [3.8, 4) is 0 Å². The summed E-state index contributed by atoms with van der Waals surface area (Å²) in [5.74, 6) is 1.15. The van der Waals surface area contributed by atoms with Crippen LogP contribution in [-0.2, 0) is 4.74 Å². The van der Waals surface area contributed by atoms with Crippen LogP contribution in [0, 0.1) is 0 Å². The van der Waals surface area contributed by atoms with E-state index in [0.29, 0.717) is 4.75 Å². The first-order chi connectivity index (χ1) is 7.40. The predicted octanol–water partition coefficient (Wildman–Crippen LogP) is 1.60. The fraction of sp³-hybridized carbons (Fsp3) is 1.00. The molecule has 3 nitrogen and oxygen atoms in total. The maximum absolute atomic E-state index is 9.12. The van der Waals surface area contributed by atoms with Crippen molar-refractivity contribution >= 4 is 11.8 Å². The van der Waals surface area contributed by atoms with Crippen LogP contribution in [0.3, 0.4) is 0 Å². The van der Waals surface area contributed by atoms with Gasteiger partial charge >= 0.3 is 0 Å². The van der Waals surface area contributed by atoms with Gasteiger partial charge in [0.2, 0.25) is 0 Å². The second-order valence-electron chi connectivity index (χ2n) is 5.47. The fourth-order valence-corrected chi connectivity index (χ4v) is 2.87. The third-order valence-corrected chi connectivity index (χ3v) is 3.80. The van der Waals surface area contributed by atoms with Gasteiger partial charge in [-0.3, -0.25) is 4.90 Å². The van der Waals surface area contributed by atoms with Crippen LogP contribution in [0.4, 0.5) is 0 Å². The van der Waals surface area contributed by atoms with Gasteiger partial charge in [-0.2, -0.15) is 11.8 Å². The summed E-state index contributed by atoms with van der Waals surface area (Å²) in [5.41, 5.74) is 0. The van der Waals surface area contributed by atoms with Crippen molar-refractivity contribution in [3.63, 3.8) is 0 Å². The summed E-state index contributed by atoms with van der Waals surface area (Å²) in [6.07, 6.45) is 0.244. The summed E-state index contributed by atoms with van der Waals surface area (Å²) in [4.78, 5) is 2.40.